The second-order valence-corrected chi connectivity index (χ2v) is 4.62. The van der Waals surface area contributed by atoms with Crippen LogP contribution < -0.4 is 4.74 Å². The number of rotatable bonds is 1. The Morgan fingerprint density at radius 3 is 2.50 bits per heavy atom. The molecule has 0 radical (unpaired) electrons. The van der Waals surface area contributed by atoms with Gasteiger partial charge >= 0.3 is 0 Å². The molecule has 2 aromatic rings. The van der Waals surface area contributed by atoms with Gasteiger partial charge in [0.15, 0.2) is 6.10 Å². The monoisotopic (exact) mass is 272 g/mol. The number of aliphatic hydroxyl groups is 1. The number of hydrogen-bond acceptors (Lipinski definition) is 5. The maximum Gasteiger partial charge on any atom is 0.210 e. The third-order valence-electron chi connectivity index (χ3n) is 3.24. The summed E-state index contributed by atoms with van der Waals surface area (Å²) in [6, 6.07) is 10.3. The van der Waals surface area contributed by atoms with E-state index in [1.165, 1.54) is 30.3 Å². The molecule has 0 bridgehead atoms. The van der Waals surface area contributed by atoms with Crippen molar-refractivity contribution in [3.63, 3.8) is 0 Å². The molecule has 102 valence electrons. The Kier molecular flexibility index (Phi) is 2.84. The molecule has 0 aromatic heterocycles. The summed E-state index contributed by atoms with van der Waals surface area (Å²) in [4.78, 5) is 12.2. The summed E-state index contributed by atoms with van der Waals surface area (Å²) in [6.45, 7) is 0. The molecule has 20 heavy (non-hydrogen) atoms. The highest BCUT2D eigenvalue weighted by Crippen LogP contribution is 2.40. The van der Waals surface area contributed by atoms with Gasteiger partial charge in [-0.3, -0.25) is 4.79 Å². The van der Waals surface area contributed by atoms with E-state index in [4.69, 9.17) is 4.74 Å². The van der Waals surface area contributed by atoms with Crippen LogP contribution in [0.15, 0.2) is 42.5 Å². The summed E-state index contributed by atoms with van der Waals surface area (Å²) >= 11 is 0. The number of Topliss-reactive ketones (excluding diaryl/α,β-unsaturated/α-hetero) is 1. The number of phenols is 2. The third-order valence-corrected chi connectivity index (χ3v) is 3.24. The Balaban J connectivity index is 2.05. The zero-order valence-electron chi connectivity index (χ0n) is 10.4. The van der Waals surface area contributed by atoms with E-state index in [1.54, 1.807) is 12.1 Å². The molecule has 2 atom stereocenters. The molecule has 3 rings (SSSR count). The lowest BCUT2D eigenvalue weighted by Gasteiger charge is -2.28. The molecule has 0 saturated carbocycles. The van der Waals surface area contributed by atoms with Crippen molar-refractivity contribution in [3.8, 4) is 17.2 Å². The zero-order valence-corrected chi connectivity index (χ0v) is 10.4. The molecule has 5 nitrogen and oxygen atoms in total. The van der Waals surface area contributed by atoms with Crippen molar-refractivity contribution in [2.24, 2.45) is 0 Å². The van der Waals surface area contributed by atoms with Gasteiger partial charge in [0.25, 0.3) is 0 Å². The lowest BCUT2D eigenvalue weighted by molar-refractivity contribution is -0.137. The summed E-state index contributed by atoms with van der Waals surface area (Å²) in [6.07, 6.45) is -2.32. The fourth-order valence-corrected chi connectivity index (χ4v) is 2.25. The van der Waals surface area contributed by atoms with Crippen LogP contribution in [0.25, 0.3) is 0 Å². The second-order valence-electron chi connectivity index (χ2n) is 4.62. The number of carbonyl (C=O) groups excluding carboxylic acids is 1. The lowest BCUT2D eigenvalue weighted by Crippen LogP contribution is -2.29. The molecule has 3 N–H and O–H groups in total. The normalized spacial score (nSPS) is 21.1. The highest BCUT2D eigenvalue weighted by Gasteiger charge is 2.36. The van der Waals surface area contributed by atoms with Gasteiger partial charge in [-0.1, -0.05) is 12.1 Å². The van der Waals surface area contributed by atoms with Crippen LogP contribution in [-0.2, 0) is 4.79 Å². The molecule has 0 amide bonds. The number of ketones is 1. The molecular weight excluding hydrogens is 260 g/mol. The predicted octanol–water partition coefficient (Wildman–Crippen LogP) is 1.83. The first kappa shape index (κ1) is 12.5. The molecule has 2 unspecified atom stereocenters. The largest absolute Gasteiger partial charge is 0.508 e. The summed E-state index contributed by atoms with van der Waals surface area (Å²) in [5.74, 6) is -0.255. The number of carbonyl (C=O) groups is 1. The molecule has 0 spiro atoms. The molecule has 0 aliphatic carbocycles. The van der Waals surface area contributed by atoms with Crippen LogP contribution in [0.2, 0.25) is 0 Å². The van der Waals surface area contributed by atoms with E-state index in [0.29, 0.717) is 11.1 Å². The molecule has 0 fully saturated rings. The van der Waals surface area contributed by atoms with E-state index in [2.05, 4.69) is 0 Å². The van der Waals surface area contributed by atoms with E-state index >= 15 is 0 Å². The van der Waals surface area contributed by atoms with E-state index in [0.717, 1.165) is 0 Å². The van der Waals surface area contributed by atoms with Gasteiger partial charge in [0.1, 0.15) is 23.4 Å². The zero-order chi connectivity index (χ0) is 14.3. The SMILES string of the molecule is O=C1C(O)c2ccc(O)cc2OC1c1cccc(O)c1. The van der Waals surface area contributed by atoms with Crippen molar-refractivity contribution < 1.29 is 24.9 Å². The van der Waals surface area contributed by atoms with Gasteiger partial charge < -0.3 is 20.1 Å². The minimum Gasteiger partial charge on any atom is -0.508 e. The standard InChI is InChI=1S/C15H12O5/c16-9-3-1-2-8(6-9)15-14(19)13(18)11-5-4-10(17)7-12(11)20-15/h1-7,13,15-18H. The van der Waals surface area contributed by atoms with Gasteiger partial charge in [-0.15, -0.1) is 0 Å². The highest BCUT2D eigenvalue weighted by molar-refractivity contribution is 5.91. The maximum atomic E-state index is 12.2. The maximum absolute atomic E-state index is 12.2. The van der Waals surface area contributed by atoms with Crippen LogP contribution in [0.4, 0.5) is 0 Å². The van der Waals surface area contributed by atoms with E-state index < -0.39 is 18.0 Å². The molecule has 0 saturated heterocycles. The van der Waals surface area contributed by atoms with Crippen molar-refractivity contribution in [1.29, 1.82) is 0 Å². The van der Waals surface area contributed by atoms with Crippen molar-refractivity contribution >= 4 is 5.78 Å². The first-order valence-electron chi connectivity index (χ1n) is 6.06. The summed E-state index contributed by atoms with van der Waals surface area (Å²) in [5, 5.41) is 29.0. The van der Waals surface area contributed by atoms with Crippen LogP contribution in [0, 0.1) is 0 Å². The van der Waals surface area contributed by atoms with Crippen molar-refractivity contribution in [3.05, 3.63) is 53.6 Å². The number of phenolic OH excluding ortho intramolecular Hbond substituents is 2. The number of aliphatic hydroxyl groups excluding tert-OH is 1. The van der Waals surface area contributed by atoms with E-state index in [9.17, 15) is 20.1 Å². The first-order chi connectivity index (χ1) is 9.56. The van der Waals surface area contributed by atoms with Crippen molar-refractivity contribution in [2.45, 2.75) is 12.2 Å². The number of aromatic hydroxyl groups is 2. The van der Waals surface area contributed by atoms with Gasteiger partial charge in [-0.25, -0.2) is 0 Å². The second kappa shape index (κ2) is 4.54. The van der Waals surface area contributed by atoms with Crippen LogP contribution in [-0.4, -0.2) is 21.1 Å². The number of hydrogen-bond donors (Lipinski definition) is 3. The van der Waals surface area contributed by atoms with Gasteiger partial charge in [-0.05, 0) is 24.3 Å². The van der Waals surface area contributed by atoms with Gasteiger partial charge in [0.2, 0.25) is 5.78 Å². The van der Waals surface area contributed by atoms with Crippen molar-refractivity contribution in [2.75, 3.05) is 0 Å². The average Bonchev–Trinajstić information content (AvgIpc) is 2.42. The smallest absolute Gasteiger partial charge is 0.210 e. The molecule has 1 heterocycles. The molecule has 1 aliphatic rings. The predicted molar refractivity (Wildman–Crippen MR) is 69.5 cm³/mol. The fourth-order valence-electron chi connectivity index (χ4n) is 2.25. The number of ether oxygens (including phenoxy) is 1. The lowest BCUT2D eigenvalue weighted by atomic mass is 9.93. The Hall–Kier alpha value is -2.53. The average molecular weight is 272 g/mol. The van der Waals surface area contributed by atoms with E-state index in [1.807, 2.05) is 0 Å². The summed E-state index contributed by atoms with van der Waals surface area (Å²) < 4.78 is 5.56. The summed E-state index contributed by atoms with van der Waals surface area (Å²) in [7, 11) is 0. The van der Waals surface area contributed by atoms with Gasteiger partial charge in [-0.2, -0.15) is 0 Å². The molecular formula is C15H12O5. The highest BCUT2D eigenvalue weighted by atomic mass is 16.5. The van der Waals surface area contributed by atoms with Crippen LogP contribution in [0.1, 0.15) is 23.3 Å². The summed E-state index contributed by atoms with van der Waals surface area (Å²) in [5.41, 5.74) is 0.771. The van der Waals surface area contributed by atoms with Crippen LogP contribution >= 0.6 is 0 Å². The minimum atomic E-state index is -1.31. The fraction of sp³-hybridized carbons (Fsp3) is 0.133. The van der Waals surface area contributed by atoms with Gasteiger partial charge in [0.05, 0.1) is 0 Å². The topological polar surface area (TPSA) is 87.0 Å². The number of fused-ring (bicyclic) bond motifs is 1. The van der Waals surface area contributed by atoms with E-state index in [-0.39, 0.29) is 17.2 Å². The Labute approximate surface area is 114 Å². The molecule has 1 aliphatic heterocycles. The molecule has 2 aromatic carbocycles. The quantitative estimate of drug-likeness (QED) is 0.737. The Morgan fingerprint density at radius 1 is 1.00 bits per heavy atom. The van der Waals surface area contributed by atoms with Crippen LogP contribution in [0.3, 0.4) is 0 Å². The molecule has 5 heteroatoms. The van der Waals surface area contributed by atoms with Crippen molar-refractivity contribution in [1.82, 2.24) is 0 Å². The van der Waals surface area contributed by atoms with Crippen LogP contribution in [0.5, 0.6) is 17.2 Å². The minimum absolute atomic E-state index is 0.00935. The number of benzene rings is 2. The third kappa shape index (κ3) is 1.98. The Bertz CT molecular complexity index is 680. The van der Waals surface area contributed by atoms with Gasteiger partial charge in [0, 0.05) is 17.2 Å². The Morgan fingerprint density at radius 2 is 1.75 bits per heavy atom. The first-order valence-corrected chi connectivity index (χ1v) is 6.06.